The fourth-order valence-electron chi connectivity index (χ4n) is 2.08. The van der Waals surface area contributed by atoms with E-state index in [0.717, 1.165) is 6.04 Å². The van der Waals surface area contributed by atoms with Crippen molar-refractivity contribution in [2.75, 3.05) is 13.1 Å². The van der Waals surface area contributed by atoms with Crippen LogP contribution < -0.4 is 5.32 Å². The number of piperidine rings is 1. The summed E-state index contributed by atoms with van der Waals surface area (Å²) in [6, 6.07) is 2.05. The highest BCUT2D eigenvalue weighted by molar-refractivity contribution is 4.80. The summed E-state index contributed by atoms with van der Waals surface area (Å²) in [4.78, 5) is 2.57. The fraction of sp³-hybridized carbons (Fsp3) is 1.00. The summed E-state index contributed by atoms with van der Waals surface area (Å²) in [7, 11) is 0. The molecule has 78 valence electrons. The lowest BCUT2D eigenvalue weighted by Gasteiger charge is -2.36. The third-order valence-electron chi connectivity index (χ3n) is 2.75. The molecule has 1 heterocycles. The molecule has 0 radical (unpaired) electrons. The number of hydrogen-bond acceptors (Lipinski definition) is 2. The van der Waals surface area contributed by atoms with Gasteiger partial charge >= 0.3 is 0 Å². The number of rotatable bonds is 3. The van der Waals surface area contributed by atoms with Crippen molar-refractivity contribution in [3.63, 3.8) is 0 Å². The van der Waals surface area contributed by atoms with Crippen molar-refractivity contribution in [3.8, 4) is 0 Å². The van der Waals surface area contributed by atoms with Crippen molar-refractivity contribution in [2.24, 2.45) is 0 Å². The van der Waals surface area contributed by atoms with Crippen molar-refractivity contribution in [1.82, 2.24) is 10.2 Å². The lowest BCUT2D eigenvalue weighted by atomic mass is 10.0. The molecule has 1 N–H and O–H groups in total. The van der Waals surface area contributed by atoms with Gasteiger partial charge in [-0.2, -0.15) is 0 Å². The SMILES string of the molecule is CC(C)N[C@H]1CCCN(C(C)C)C1. The van der Waals surface area contributed by atoms with E-state index in [0.29, 0.717) is 12.1 Å². The Kier molecular flexibility index (Phi) is 4.20. The van der Waals surface area contributed by atoms with Gasteiger partial charge in [-0.05, 0) is 33.2 Å². The van der Waals surface area contributed by atoms with E-state index in [2.05, 4.69) is 37.9 Å². The zero-order valence-electron chi connectivity index (χ0n) is 9.51. The molecule has 1 atom stereocenters. The zero-order chi connectivity index (χ0) is 9.84. The molecule has 1 aliphatic rings. The van der Waals surface area contributed by atoms with Gasteiger partial charge in [0.2, 0.25) is 0 Å². The Balaban J connectivity index is 2.33. The highest BCUT2D eigenvalue weighted by Crippen LogP contribution is 2.12. The lowest BCUT2D eigenvalue weighted by Crippen LogP contribution is -2.49. The molecule has 0 aromatic carbocycles. The van der Waals surface area contributed by atoms with Crippen LogP contribution in [0.25, 0.3) is 0 Å². The molecule has 2 heteroatoms. The first kappa shape index (κ1) is 11.0. The van der Waals surface area contributed by atoms with Gasteiger partial charge in [0.15, 0.2) is 0 Å². The summed E-state index contributed by atoms with van der Waals surface area (Å²) in [5.74, 6) is 0. The quantitative estimate of drug-likeness (QED) is 0.720. The van der Waals surface area contributed by atoms with Gasteiger partial charge in [0, 0.05) is 24.7 Å². The molecule has 0 spiro atoms. The van der Waals surface area contributed by atoms with Crippen LogP contribution in [0, 0.1) is 0 Å². The van der Waals surface area contributed by atoms with Gasteiger partial charge in [0.05, 0.1) is 0 Å². The lowest BCUT2D eigenvalue weighted by molar-refractivity contribution is 0.151. The van der Waals surface area contributed by atoms with Crippen LogP contribution in [0.5, 0.6) is 0 Å². The Morgan fingerprint density at radius 1 is 1.23 bits per heavy atom. The molecule has 0 amide bonds. The average molecular weight is 184 g/mol. The molecule has 0 aliphatic carbocycles. The Morgan fingerprint density at radius 3 is 2.46 bits per heavy atom. The van der Waals surface area contributed by atoms with Crippen LogP contribution in [-0.4, -0.2) is 36.1 Å². The van der Waals surface area contributed by atoms with Gasteiger partial charge in [-0.25, -0.2) is 0 Å². The normalized spacial score (nSPS) is 25.8. The van der Waals surface area contributed by atoms with Crippen LogP contribution in [0.3, 0.4) is 0 Å². The van der Waals surface area contributed by atoms with E-state index < -0.39 is 0 Å². The molecule has 0 aromatic heterocycles. The van der Waals surface area contributed by atoms with E-state index >= 15 is 0 Å². The standard InChI is InChI=1S/C11H24N2/c1-9(2)12-11-6-5-7-13(8-11)10(3)4/h9-12H,5-8H2,1-4H3/t11-/m0/s1. The van der Waals surface area contributed by atoms with Gasteiger partial charge < -0.3 is 5.32 Å². The molecule has 13 heavy (non-hydrogen) atoms. The van der Waals surface area contributed by atoms with E-state index in [4.69, 9.17) is 0 Å². The summed E-state index contributed by atoms with van der Waals surface area (Å²) >= 11 is 0. The third kappa shape index (κ3) is 3.65. The first-order valence-corrected chi connectivity index (χ1v) is 5.59. The second-order valence-electron chi connectivity index (χ2n) is 4.75. The molecule has 0 aromatic rings. The predicted molar refractivity (Wildman–Crippen MR) is 58.0 cm³/mol. The molecule has 0 unspecified atom stereocenters. The first-order chi connectivity index (χ1) is 6.09. The van der Waals surface area contributed by atoms with Crippen molar-refractivity contribution in [1.29, 1.82) is 0 Å². The molecule has 1 rings (SSSR count). The van der Waals surface area contributed by atoms with E-state index in [1.54, 1.807) is 0 Å². The number of hydrogen-bond donors (Lipinski definition) is 1. The molecule has 1 fully saturated rings. The minimum absolute atomic E-state index is 0.622. The number of nitrogens with zero attached hydrogens (tertiary/aromatic N) is 1. The monoisotopic (exact) mass is 184 g/mol. The largest absolute Gasteiger partial charge is 0.311 e. The molecule has 2 nitrogen and oxygen atoms in total. The topological polar surface area (TPSA) is 15.3 Å². The van der Waals surface area contributed by atoms with Crippen LogP contribution in [-0.2, 0) is 0 Å². The Bertz CT molecular complexity index is 143. The average Bonchev–Trinajstić information content (AvgIpc) is 2.03. The van der Waals surface area contributed by atoms with Crippen LogP contribution >= 0.6 is 0 Å². The van der Waals surface area contributed by atoms with Crippen LogP contribution in [0.2, 0.25) is 0 Å². The van der Waals surface area contributed by atoms with E-state index in [1.165, 1.54) is 25.9 Å². The Labute approximate surface area is 82.7 Å². The number of likely N-dealkylation sites (tertiary alicyclic amines) is 1. The van der Waals surface area contributed by atoms with Gasteiger partial charge in [0.1, 0.15) is 0 Å². The molecule has 0 bridgehead atoms. The second kappa shape index (κ2) is 4.97. The minimum Gasteiger partial charge on any atom is -0.311 e. The van der Waals surface area contributed by atoms with E-state index in [1.807, 2.05) is 0 Å². The van der Waals surface area contributed by atoms with Crippen LogP contribution in [0.15, 0.2) is 0 Å². The highest BCUT2D eigenvalue weighted by Gasteiger charge is 2.21. The summed E-state index contributed by atoms with van der Waals surface area (Å²) in [5.41, 5.74) is 0. The minimum atomic E-state index is 0.622. The second-order valence-corrected chi connectivity index (χ2v) is 4.75. The molecule has 0 saturated carbocycles. The Hall–Kier alpha value is -0.0800. The fourth-order valence-corrected chi connectivity index (χ4v) is 2.08. The maximum Gasteiger partial charge on any atom is 0.0197 e. The molecular formula is C11H24N2. The molecular weight excluding hydrogens is 160 g/mol. The van der Waals surface area contributed by atoms with E-state index in [-0.39, 0.29) is 0 Å². The van der Waals surface area contributed by atoms with E-state index in [9.17, 15) is 0 Å². The summed E-state index contributed by atoms with van der Waals surface area (Å²) in [5, 5.41) is 3.62. The smallest absolute Gasteiger partial charge is 0.0197 e. The van der Waals surface area contributed by atoms with Crippen molar-refractivity contribution >= 4 is 0 Å². The predicted octanol–water partition coefficient (Wildman–Crippen LogP) is 1.86. The van der Waals surface area contributed by atoms with Gasteiger partial charge in [-0.15, -0.1) is 0 Å². The summed E-state index contributed by atoms with van der Waals surface area (Å²) in [6.45, 7) is 11.6. The highest BCUT2D eigenvalue weighted by atomic mass is 15.2. The summed E-state index contributed by atoms with van der Waals surface area (Å²) < 4.78 is 0. The van der Waals surface area contributed by atoms with Crippen molar-refractivity contribution in [3.05, 3.63) is 0 Å². The van der Waals surface area contributed by atoms with Crippen molar-refractivity contribution < 1.29 is 0 Å². The maximum absolute atomic E-state index is 3.62. The first-order valence-electron chi connectivity index (χ1n) is 5.59. The third-order valence-corrected chi connectivity index (χ3v) is 2.75. The summed E-state index contributed by atoms with van der Waals surface area (Å²) in [6.07, 6.45) is 2.70. The molecule has 1 aliphatic heterocycles. The van der Waals surface area contributed by atoms with Crippen LogP contribution in [0.4, 0.5) is 0 Å². The maximum atomic E-state index is 3.62. The van der Waals surface area contributed by atoms with Gasteiger partial charge in [-0.1, -0.05) is 13.8 Å². The number of nitrogens with one attached hydrogen (secondary N) is 1. The van der Waals surface area contributed by atoms with Gasteiger partial charge in [-0.3, -0.25) is 4.90 Å². The zero-order valence-corrected chi connectivity index (χ0v) is 9.51. The van der Waals surface area contributed by atoms with Crippen LogP contribution in [0.1, 0.15) is 40.5 Å². The van der Waals surface area contributed by atoms with Gasteiger partial charge in [0.25, 0.3) is 0 Å². The van der Waals surface area contributed by atoms with Crippen molar-refractivity contribution in [2.45, 2.75) is 58.7 Å². The molecule has 1 saturated heterocycles. The Morgan fingerprint density at radius 2 is 1.92 bits per heavy atom.